The molecule has 0 aliphatic carbocycles. The molecule has 130 valence electrons. The molecule has 1 saturated heterocycles. The summed E-state index contributed by atoms with van der Waals surface area (Å²) in [5.74, 6) is 1.63. The van der Waals surface area contributed by atoms with Gasteiger partial charge in [0.1, 0.15) is 18.4 Å². The van der Waals surface area contributed by atoms with Crippen molar-refractivity contribution in [2.45, 2.75) is 45.7 Å². The number of nitrogens with zero attached hydrogens (tertiary/aromatic N) is 5. The highest BCUT2D eigenvalue weighted by atomic mass is 16.5. The van der Waals surface area contributed by atoms with Crippen LogP contribution in [0.25, 0.3) is 0 Å². The second-order valence-electron chi connectivity index (χ2n) is 6.36. The molecule has 3 heterocycles. The highest BCUT2D eigenvalue weighted by Gasteiger charge is 2.30. The molecule has 1 aliphatic rings. The minimum Gasteiger partial charge on any atom is -0.360 e. The lowest BCUT2D eigenvalue weighted by molar-refractivity contribution is -0.122. The van der Waals surface area contributed by atoms with Crippen LogP contribution in [-0.4, -0.2) is 49.9 Å². The van der Waals surface area contributed by atoms with Gasteiger partial charge in [0.25, 0.3) is 0 Å². The number of amides is 1. The van der Waals surface area contributed by atoms with Crippen LogP contribution in [0.3, 0.4) is 0 Å². The van der Waals surface area contributed by atoms with Crippen molar-refractivity contribution in [1.82, 2.24) is 24.8 Å². The van der Waals surface area contributed by atoms with Crippen LogP contribution in [0.4, 0.5) is 5.82 Å². The number of aromatic nitrogens is 4. The Morgan fingerprint density at radius 3 is 3.08 bits per heavy atom. The molecule has 0 unspecified atom stereocenters. The standard InChI is InChI=1S/C16H24N6O2/c1-3-14(16(23)19-15-7-12(2)24-20-15)21-6-4-5-13(8-21)9-22-11-17-10-18-22/h7,10-11,13-14H,3-6,8-9H2,1-2H3,(H,19,20,23)/t13-,14+/m0/s1. The maximum atomic E-state index is 12.6. The number of nitrogens with one attached hydrogen (secondary N) is 1. The molecule has 0 aromatic carbocycles. The summed E-state index contributed by atoms with van der Waals surface area (Å²) in [5, 5.41) is 10.9. The summed E-state index contributed by atoms with van der Waals surface area (Å²) in [7, 11) is 0. The number of aryl methyl sites for hydroxylation is 1. The van der Waals surface area contributed by atoms with E-state index in [1.807, 2.05) is 11.6 Å². The lowest BCUT2D eigenvalue weighted by Crippen LogP contribution is -2.49. The number of hydrogen-bond acceptors (Lipinski definition) is 6. The van der Waals surface area contributed by atoms with Crippen molar-refractivity contribution in [3.8, 4) is 0 Å². The number of carbonyl (C=O) groups excluding carboxylic acids is 1. The Labute approximate surface area is 141 Å². The first-order valence-corrected chi connectivity index (χ1v) is 8.46. The van der Waals surface area contributed by atoms with E-state index in [2.05, 4.69) is 25.5 Å². The number of likely N-dealkylation sites (tertiary alicyclic amines) is 1. The molecule has 0 radical (unpaired) electrons. The van der Waals surface area contributed by atoms with Crippen LogP contribution in [0, 0.1) is 12.8 Å². The summed E-state index contributed by atoms with van der Waals surface area (Å²) in [6, 6.07) is 1.58. The van der Waals surface area contributed by atoms with Crippen molar-refractivity contribution >= 4 is 11.7 Å². The Bertz CT molecular complexity index is 653. The van der Waals surface area contributed by atoms with Crippen molar-refractivity contribution in [2.24, 2.45) is 5.92 Å². The summed E-state index contributed by atoms with van der Waals surface area (Å²) in [6.45, 7) is 6.52. The average molecular weight is 332 g/mol. The molecule has 0 spiro atoms. The van der Waals surface area contributed by atoms with E-state index >= 15 is 0 Å². The van der Waals surface area contributed by atoms with Gasteiger partial charge in [0.05, 0.1) is 6.04 Å². The third-order valence-electron chi connectivity index (χ3n) is 4.47. The highest BCUT2D eigenvalue weighted by molar-refractivity contribution is 5.93. The molecule has 2 aromatic heterocycles. The van der Waals surface area contributed by atoms with E-state index in [0.29, 0.717) is 17.5 Å². The van der Waals surface area contributed by atoms with Crippen LogP contribution >= 0.6 is 0 Å². The predicted molar refractivity (Wildman–Crippen MR) is 88.3 cm³/mol. The first-order valence-electron chi connectivity index (χ1n) is 8.46. The Morgan fingerprint density at radius 2 is 2.42 bits per heavy atom. The molecule has 8 nitrogen and oxygen atoms in total. The lowest BCUT2D eigenvalue weighted by atomic mass is 9.96. The minimum atomic E-state index is -0.152. The van der Waals surface area contributed by atoms with Crippen molar-refractivity contribution in [1.29, 1.82) is 0 Å². The number of rotatable bonds is 6. The van der Waals surface area contributed by atoms with Crippen molar-refractivity contribution in [2.75, 3.05) is 18.4 Å². The van der Waals surface area contributed by atoms with Gasteiger partial charge in [0, 0.05) is 19.2 Å². The van der Waals surface area contributed by atoms with Crippen LogP contribution in [0.15, 0.2) is 23.2 Å². The first-order chi connectivity index (χ1) is 11.7. The Morgan fingerprint density at radius 1 is 1.54 bits per heavy atom. The first kappa shape index (κ1) is 16.6. The molecular weight excluding hydrogens is 308 g/mol. The third kappa shape index (κ3) is 4.00. The van der Waals surface area contributed by atoms with Gasteiger partial charge in [-0.3, -0.25) is 14.4 Å². The number of piperidine rings is 1. The largest absolute Gasteiger partial charge is 0.360 e. The summed E-state index contributed by atoms with van der Waals surface area (Å²) >= 11 is 0. The average Bonchev–Trinajstić information content (AvgIpc) is 3.20. The fourth-order valence-electron chi connectivity index (χ4n) is 3.37. The van der Waals surface area contributed by atoms with Crippen molar-refractivity contribution < 1.29 is 9.32 Å². The summed E-state index contributed by atoms with van der Waals surface area (Å²) < 4.78 is 6.87. The van der Waals surface area contributed by atoms with Crippen molar-refractivity contribution in [3.63, 3.8) is 0 Å². The zero-order valence-corrected chi connectivity index (χ0v) is 14.2. The maximum absolute atomic E-state index is 12.6. The summed E-state index contributed by atoms with van der Waals surface area (Å²) in [6.07, 6.45) is 6.31. The van der Waals surface area contributed by atoms with Crippen LogP contribution in [-0.2, 0) is 11.3 Å². The van der Waals surface area contributed by atoms with E-state index in [-0.39, 0.29) is 11.9 Å². The van der Waals surface area contributed by atoms with E-state index < -0.39 is 0 Å². The Kier molecular flexibility index (Phi) is 5.24. The van der Waals surface area contributed by atoms with Crippen LogP contribution in [0.5, 0.6) is 0 Å². The zero-order chi connectivity index (χ0) is 16.9. The van der Waals surface area contributed by atoms with Gasteiger partial charge in [-0.25, -0.2) is 4.98 Å². The summed E-state index contributed by atoms with van der Waals surface area (Å²) in [5.41, 5.74) is 0. The van der Waals surface area contributed by atoms with Crippen LogP contribution in [0.2, 0.25) is 0 Å². The third-order valence-corrected chi connectivity index (χ3v) is 4.47. The molecule has 0 saturated carbocycles. The van der Waals surface area contributed by atoms with Gasteiger partial charge in [-0.2, -0.15) is 5.10 Å². The molecule has 1 N–H and O–H groups in total. The van der Waals surface area contributed by atoms with E-state index in [9.17, 15) is 4.79 Å². The molecule has 0 bridgehead atoms. The van der Waals surface area contributed by atoms with E-state index in [1.54, 1.807) is 25.6 Å². The van der Waals surface area contributed by atoms with Gasteiger partial charge in [0.15, 0.2) is 5.82 Å². The molecule has 1 amide bonds. The minimum absolute atomic E-state index is 0.0211. The topological polar surface area (TPSA) is 89.1 Å². The molecule has 3 rings (SSSR count). The number of carbonyl (C=O) groups is 1. The predicted octanol–water partition coefficient (Wildman–Crippen LogP) is 1.70. The van der Waals surface area contributed by atoms with E-state index in [1.165, 1.54) is 0 Å². The molecule has 2 aromatic rings. The van der Waals surface area contributed by atoms with Gasteiger partial charge in [-0.15, -0.1) is 0 Å². The summed E-state index contributed by atoms with van der Waals surface area (Å²) in [4.78, 5) is 18.9. The number of hydrogen-bond donors (Lipinski definition) is 1. The molecule has 1 fully saturated rings. The molecule has 8 heteroatoms. The highest BCUT2D eigenvalue weighted by Crippen LogP contribution is 2.22. The quantitative estimate of drug-likeness (QED) is 0.866. The molecular formula is C16H24N6O2. The second kappa shape index (κ2) is 7.57. The maximum Gasteiger partial charge on any atom is 0.242 e. The fourth-order valence-corrected chi connectivity index (χ4v) is 3.37. The fraction of sp³-hybridized carbons (Fsp3) is 0.625. The van der Waals surface area contributed by atoms with E-state index in [4.69, 9.17) is 4.52 Å². The molecule has 24 heavy (non-hydrogen) atoms. The molecule has 1 aliphatic heterocycles. The second-order valence-corrected chi connectivity index (χ2v) is 6.36. The lowest BCUT2D eigenvalue weighted by Gasteiger charge is -2.37. The Balaban J connectivity index is 1.60. The normalized spacial score (nSPS) is 20.0. The van der Waals surface area contributed by atoms with Crippen molar-refractivity contribution in [3.05, 3.63) is 24.5 Å². The van der Waals surface area contributed by atoms with E-state index in [0.717, 1.165) is 38.9 Å². The smallest absolute Gasteiger partial charge is 0.242 e. The monoisotopic (exact) mass is 332 g/mol. The van der Waals surface area contributed by atoms with Crippen LogP contribution in [0.1, 0.15) is 31.9 Å². The van der Waals surface area contributed by atoms with Gasteiger partial charge < -0.3 is 9.84 Å². The van der Waals surface area contributed by atoms with Gasteiger partial charge in [0.2, 0.25) is 5.91 Å². The molecule has 2 atom stereocenters. The zero-order valence-electron chi connectivity index (χ0n) is 14.2. The SMILES string of the molecule is CC[C@H](C(=O)Nc1cc(C)on1)N1CCC[C@H](Cn2cncn2)C1. The Hall–Kier alpha value is -2.22. The van der Waals surface area contributed by atoms with Gasteiger partial charge >= 0.3 is 0 Å². The van der Waals surface area contributed by atoms with Crippen LogP contribution < -0.4 is 5.32 Å². The van der Waals surface area contributed by atoms with Gasteiger partial charge in [-0.05, 0) is 38.6 Å². The number of anilines is 1. The van der Waals surface area contributed by atoms with Gasteiger partial charge in [-0.1, -0.05) is 12.1 Å².